The first-order valence-electron chi connectivity index (χ1n) is 13.8. The Bertz CT molecular complexity index is 1580. The van der Waals surface area contributed by atoms with Crippen molar-refractivity contribution >= 4 is 33.1 Å². The van der Waals surface area contributed by atoms with Crippen LogP contribution in [0.5, 0.6) is 5.75 Å². The van der Waals surface area contributed by atoms with Gasteiger partial charge in [-0.25, -0.2) is 0 Å². The topological polar surface area (TPSA) is 105 Å². The Hall–Kier alpha value is -3.91. The number of nitrogens with one attached hydrogen (secondary N) is 1. The number of benzene rings is 3. The Morgan fingerprint density at radius 2 is 1.60 bits per heavy atom. The van der Waals surface area contributed by atoms with Gasteiger partial charge in [0.05, 0.1) is 11.1 Å². The number of hydrogen-bond donors (Lipinski definition) is 2. The number of fused-ring (bicyclic) bond motifs is 2. The highest BCUT2D eigenvalue weighted by Crippen LogP contribution is 2.47. The lowest BCUT2D eigenvalue weighted by Gasteiger charge is -2.39. The summed E-state index contributed by atoms with van der Waals surface area (Å²) >= 11 is 0. The predicted molar refractivity (Wildman–Crippen MR) is 157 cm³/mol. The number of anilines is 1. The molecule has 0 radical (unpaired) electrons. The van der Waals surface area contributed by atoms with E-state index < -0.39 is 15.4 Å². The molecule has 1 heterocycles. The molecule has 0 unspecified atom stereocenters. The lowest BCUT2D eigenvalue weighted by Crippen LogP contribution is -2.44. The van der Waals surface area contributed by atoms with Gasteiger partial charge in [0, 0.05) is 11.6 Å². The van der Waals surface area contributed by atoms with Crippen LogP contribution in [-0.2, 0) is 26.8 Å². The maximum Gasteiger partial charge on any atom is 0.286 e. The van der Waals surface area contributed by atoms with E-state index >= 15 is 0 Å². The number of sulfonamides is 1. The van der Waals surface area contributed by atoms with Gasteiger partial charge in [-0.1, -0.05) is 94.1 Å². The van der Waals surface area contributed by atoms with Crippen LogP contribution < -0.4 is 10.1 Å². The van der Waals surface area contributed by atoms with Crippen molar-refractivity contribution in [3.8, 4) is 5.75 Å². The molecule has 1 aliphatic carbocycles. The molecule has 208 valence electrons. The number of nitrogens with zero attached hydrogens (tertiary/aromatic N) is 1. The van der Waals surface area contributed by atoms with Crippen LogP contribution in [0.1, 0.15) is 69.1 Å². The Morgan fingerprint density at radius 1 is 0.925 bits per heavy atom. The fraction of sp³-hybridized carbons (Fsp3) is 0.312. The molecule has 3 aromatic rings. The zero-order valence-corrected chi connectivity index (χ0v) is 23.6. The van der Waals surface area contributed by atoms with Crippen molar-refractivity contribution in [3.63, 3.8) is 0 Å². The molecule has 2 aliphatic rings. The first-order valence-corrected chi connectivity index (χ1v) is 15.3. The molecule has 0 aromatic heterocycles. The quantitative estimate of drug-likeness (QED) is 0.279. The van der Waals surface area contributed by atoms with Crippen LogP contribution >= 0.6 is 0 Å². The van der Waals surface area contributed by atoms with Crippen molar-refractivity contribution in [3.05, 3.63) is 95.1 Å². The van der Waals surface area contributed by atoms with E-state index in [4.69, 9.17) is 4.74 Å². The third-order valence-electron chi connectivity index (χ3n) is 7.69. The minimum Gasteiger partial charge on any atom is -0.506 e. The molecule has 0 atom stereocenters. The Morgan fingerprint density at radius 3 is 2.30 bits per heavy atom. The van der Waals surface area contributed by atoms with Crippen molar-refractivity contribution in [2.75, 3.05) is 5.32 Å². The van der Waals surface area contributed by atoms with Gasteiger partial charge in [-0.2, -0.15) is 8.42 Å². The molecule has 8 heteroatoms. The summed E-state index contributed by atoms with van der Waals surface area (Å²) in [6, 6.07) is 21.7. The second-order valence-corrected chi connectivity index (χ2v) is 11.9. The van der Waals surface area contributed by atoms with E-state index in [-0.39, 0.29) is 40.1 Å². The summed E-state index contributed by atoms with van der Waals surface area (Å²) in [4.78, 5) is 14.3. The van der Waals surface area contributed by atoms with E-state index in [0.29, 0.717) is 24.2 Å². The van der Waals surface area contributed by atoms with E-state index in [1.165, 1.54) is 6.07 Å². The van der Waals surface area contributed by atoms with Gasteiger partial charge in [0.25, 0.3) is 10.0 Å². The summed E-state index contributed by atoms with van der Waals surface area (Å²) in [5.41, 5.74) is 1.62. The van der Waals surface area contributed by atoms with Gasteiger partial charge in [0.2, 0.25) is 0 Å². The number of aliphatic hydroxyl groups is 1. The molecule has 5 rings (SSSR count). The average Bonchev–Trinajstić information content (AvgIpc) is 2.96. The smallest absolute Gasteiger partial charge is 0.286 e. The molecule has 3 aromatic carbocycles. The largest absolute Gasteiger partial charge is 0.506 e. The minimum atomic E-state index is -4.19. The maximum absolute atomic E-state index is 14.4. The number of unbranched alkanes of at least 4 members (excludes halogenated alkanes) is 2. The number of ketones is 1. The van der Waals surface area contributed by atoms with E-state index in [0.717, 1.165) is 36.8 Å². The number of ether oxygens (including phenoxy) is 1. The Balaban J connectivity index is 1.54. The summed E-state index contributed by atoms with van der Waals surface area (Å²) < 4.78 is 36.7. The Labute approximate surface area is 235 Å². The molecule has 0 saturated carbocycles. The monoisotopic (exact) mass is 558 g/mol. The fourth-order valence-corrected chi connectivity index (χ4v) is 6.72. The van der Waals surface area contributed by atoms with E-state index in [9.17, 15) is 18.3 Å². The van der Waals surface area contributed by atoms with Gasteiger partial charge in [0.1, 0.15) is 28.6 Å². The molecular weight excluding hydrogens is 524 g/mol. The number of Topliss-reactive ketones (excluding diaryl/α,β-unsaturated/α-hetero) is 1. The molecule has 1 aliphatic heterocycles. The molecule has 0 saturated heterocycles. The molecular formula is C32H34N2O5S. The van der Waals surface area contributed by atoms with Gasteiger partial charge >= 0.3 is 0 Å². The first kappa shape index (κ1) is 27.6. The summed E-state index contributed by atoms with van der Waals surface area (Å²) in [6.07, 6.45) is 4.67. The number of amidine groups is 1. The molecule has 0 amide bonds. The number of carbonyl (C=O) groups excluding carboxylic acids is 1. The molecule has 0 fully saturated rings. The molecule has 2 N–H and O–H groups in total. The van der Waals surface area contributed by atoms with Crippen LogP contribution in [0.25, 0.3) is 5.76 Å². The first-order chi connectivity index (χ1) is 19.3. The molecule has 0 spiro atoms. The van der Waals surface area contributed by atoms with Gasteiger partial charge in [-0.05, 0) is 36.1 Å². The highest BCUT2D eigenvalue weighted by molar-refractivity contribution is 7.90. The summed E-state index contributed by atoms with van der Waals surface area (Å²) in [5, 5.41) is 14.4. The SMILES string of the molecule is CCCCC1(CCCC)C(=O)C(C2=NS(=O)(=O)c3cc(OCc4ccccc4)ccc3N2)=C(O)c2ccccc21. The third-order valence-corrected chi connectivity index (χ3v) is 9.01. The van der Waals surface area contributed by atoms with Gasteiger partial charge in [0.15, 0.2) is 11.6 Å². The van der Waals surface area contributed by atoms with Crippen molar-refractivity contribution < 1.29 is 23.1 Å². The highest BCUT2D eigenvalue weighted by Gasteiger charge is 2.48. The van der Waals surface area contributed by atoms with E-state index in [1.54, 1.807) is 18.2 Å². The van der Waals surface area contributed by atoms with Gasteiger partial charge in [-0.3, -0.25) is 4.79 Å². The predicted octanol–water partition coefficient (Wildman–Crippen LogP) is 6.95. The highest BCUT2D eigenvalue weighted by atomic mass is 32.2. The maximum atomic E-state index is 14.4. The zero-order valence-electron chi connectivity index (χ0n) is 22.8. The molecule has 0 bridgehead atoms. The summed E-state index contributed by atoms with van der Waals surface area (Å²) in [6.45, 7) is 4.44. The number of aliphatic hydroxyl groups excluding tert-OH is 1. The van der Waals surface area contributed by atoms with Crippen LogP contribution in [0, 0.1) is 0 Å². The van der Waals surface area contributed by atoms with Crippen LogP contribution in [0.3, 0.4) is 0 Å². The fourth-order valence-electron chi connectivity index (χ4n) is 5.59. The van der Waals surface area contributed by atoms with Gasteiger partial charge < -0.3 is 15.2 Å². The molecule has 7 nitrogen and oxygen atoms in total. The van der Waals surface area contributed by atoms with E-state index in [2.05, 4.69) is 23.6 Å². The summed E-state index contributed by atoms with van der Waals surface area (Å²) in [5.74, 6) is -0.315. The van der Waals surface area contributed by atoms with Crippen LogP contribution in [0.15, 0.2) is 87.7 Å². The standard InChI is InChI=1S/C32H34N2O5S/c1-3-5-18-32(19-6-4-2)25-15-11-10-14-24(25)29(35)28(30(32)36)31-33-26-17-16-23(20-27(26)40(37,38)34-31)39-21-22-12-8-7-9-13-22/h7-17,20,35H,3-6,18-19,21H2,1-2H3,(H,33,34). The van der Waals surface area contributed by atoms with E-state index in [1.807, 2.05) is 48.5 Å². The minimum absolute atomic E-state index is 0.0474. The Kier molecular flexibility index (Phi) is 7.81. The zero-order chi connectivity index (χ0) is 28.3. The third kappa shape index (κ3) is 5.04. The lowest BCUT2D eigenvalue weighted by atomic mass is 9.63. The normalized spacial score (nSPS) is 16.9. The number of rotatable bonds is 10. The summed E-state index contributed by atoms with van der Waals surface area (Å²) in [7, 11) is -4.19. The van der Waals surface area contributed by atoms with Crippen LogP contribution in [0.4, 0.5) is 5.69 Å². The van der Waals surface area contributed by atoms with Crippen molar-refractivity contribution in [2.45, 2.75) is 69.3 Å². The van der Waals surface area contributed by atoms with Crippen molar-refractivity contribution in [1.82, 2.24) is 0 Å². The van der Waals surface area contributed by atoms with Crippen LogP contribution in [0.2, 0.25) is 0 Å². The van der Waals surface area contributed by atoms with Gasteiger partial charge in [-0.15, -0.1) is 4.40 Å². The molecule has 40 heavy (non-hydrogen) atoms. The second kappa shape index (κ2) is 11.3. The number of hydrogen-bond acceptors (Lipinski definition) is 6. The number of carbonyl (C=O) groups is 1. The van der Waals surface area contributed by atoms with Crippen molar-refractivity contribution in [1.29, 1.82) is 0 Å². The van der Waals surface area contributed by atoms with Crippen LogP contribution in [-0.4, -0.2) is 25.1 Å². The second-order valence-electron chi connectivity index (χ2n) is 10.4. The lowest BCUT2D eigenvalue weighted by molar-refractivity contribution is -0.121. The van der Waals surface area contributed by atoms with Crippen molar-refractivity contribution in [2.24, 2.45) is 4.40 Å². The average molecular weight is 559 g/mol.